The summed E-state index contributed by atoms with van der Waals surface area (Å²) in [6.07, 6.45) is -25.2. The van der Waals surface area contributed by atoms with E-state index in [9.17, 15) is 95.8 Å². The predicted octanol–water partition coefficient (Wildman–Crippen LogP) is -0.214. The number of primary amides is 1. The number of carboxylic acids is 1. The Morgan fingerprint density at radius 3 is 1.95 bits per heavy atom. The van der Waals surface area contributed by atoms with Crippen LogP contribution in [-0.2, 0) is 65.7 Å². The summed E-state index contributed by atoms with van der Waals surface area (Å²) in [5, 5.41) is 197. The molecular formula is C88H105Cl2N11O29. The highest BCUT2D eigenvalue weighted by molar-refractivity contribution is 6.32. The van der Waals surface area contributed by atoms with Gasteiger partial charge in [-0.3, -0.25) is 38.4 Å². The van der Waals surface area contributed by atoms with Gasteiger partial charge in [0.2, 0.25) is 53.4 Å². The topological polar surface area (TPSA) is 650 Å². The summed E-state index contributed by atoms with van der Waals surface area (Å²) in [7, 11) is 1.46. The first-order valence-corrected chi connectivity index (χ1v) is 42.5. The number of aliphatic hydroxyl groups is 11. The van der Waals surface area contributed by atoms with E-state index in [4.69, 9.17) is 52.6 Å². The van der Waals surface area contributed by atoms with Gasteiger partial charge in [-0.25, -0.2) is 4.79 Å². The third-order valence-electron chi connectivity index (χ3n) is 23.7. The molecule has 6 heterocycles. The third-order valence-corrected chi connectivity index (χ3v) is 24.3. The Bertz CT molecular complexity index is 5380. The van der Waals surface area contributed by atoms with E-state index in [-0.39, 0.29) is 73.1 Å². The minimum atomic E-state index is -2.43. The number of benzene rings is 7. The number of aliphatic carboxylic acids is 1. The number of carboxylic acid groups (broad SMARTS) is 1. The standard InChI is InChI=1S/C88H105Cl2N11O29/c1-36(2)22-51(92-5)79(117)100-66-68(108)40-15-18-56(49(89)25-40)127-58-27-43-28-59(76(58)130-87-77(74(114)72(112)60(35-103)129-87)126-44-23-37(3)78(116)88(4,31-44)95-32-42-12-8-11-38-10-6-7-13-45(38)42)128-57-19-16-41(26-50(57)90)69(109)67-84(122)99-65(86(124)125)47-29-54(105)48(33-93-20-9-21-94-85(123)75(115)73(113)71(111)55(106)34-102)70(110)62(47)46-24-39(14-17-53(46)104)63(81(119)101-67)98-82(120)64(43)97-80(118)52(30-61(91)107)96-83(66)121/h6-8,10-19,24-29,36-37,44,51-52,55,60,63-69,71-75,77-78,87,92-93,95,102-106,108-116H,9,20-23,30-35H2,1-5H3,(H2,91,107)(H,94,123)(H,96,121)(H,97,118)(H,98,120)(H,99,122)(H,100,117)(H,101,119)(H,124,125)/t37-,44-,51-,52+,55-,60-,63+,64-,65+,66-,67+,68-,69-,71-,72?,73+,74?,75-,77-,78-,87+,88?/m1/s1. The fraction of sp³-hybridized carbons (Fsp3) is 0.443. The molecule has 0 radical (unpaired) electrons. The summed E-state index contributed by atoms with van der Waals surface area (Å²) >= 11 is 14.4. The number of amides is 8. The molecule has 7 aliphatic rings. The fourth-order valence-electron chi connectivity index (χ4n) is 16.6. The maximum atomic E-state index is 16.5. The van der Waals surface area contributed by atoms with Crippen LogP contribution in [0.3, 0.4) is 0 Å². The van der Waals surface area contributed by atoms with Gasteiger partial charge in [0.1, 0.15) is 114 Å². The number of hydrogen-bond acceptors (Lipinski definition) is 31. The van der Waals surface area contributed by atoms with Crippen LogP contribution in [-0.4, -0.2) is 260 Å². The molecule has 14 rings (SSSR count). The Balaban J connectivity index is 1.02. The molecule has 2 fully saturated rings. The summed E-state index contributed by atoms with van der Waals surface area (Å²) in [6.45, 7) is 4.56. The number of aromatic hydroxyl groups is 3. The van der Waals surface area contributed by atoms with Gasteiger partial charge in [-0.05, 0) is 151 Å². The van der Waals surface area contributed by atoms with Crippen molar-refractivity contribution in [3.05, 3.63) is 164 Å². The first-order chi connectivity index (χ1) is 61.7. The number of nitrogens with two attached hydrogens (primary N) is 1. The van der Waals surface area contributed by atoms with E-state index in [0.717, 1.165) is 77.0 Å². The number of aliphatic hydroxyl groups excluding tert-OH is 11. The first-order valence-electron chi connectivity index (χ1n) is 41.8. The number of nitrogens with one attached hydrogen (secondary N) is 10. The van der Waals surface area contributed by atoms with E-state index < -0.39 is 291 Å². The lowest BCUT2D eigenvalue weighted by Gasteiger charge is -2.49. The van der Waals surface area contributed by atoms with Crippen LogP contribution in [0, 0.1) is 11.8 Å². The number of phenols is 3. The normalized spacial score (nSPS) is 26.5. The molecule has 7 aromatic carbocycles. The number of halogens is 2. The first kappa shape index (κ1) is 97.8. The van der Waals surface area contributed by atoms with Gasteiger partial charge in [0, 0.05) is 41.9 Å². The van der Waals surface area contributed by atoms with Crippen LogP contribution < -0.4 is 73.1 Å². The van der Waals surface area contributed by atoms with Crippen LogP contribution in [0.25, 0.3) is 21.9 Å². The van der Waals surface area contributed by atoms with Crippen molar-refractivity contribution in [2.75, 3.05) is 33.4 Å². The van der Waals surface area contributed by atoms with Gasteiger partial charge >= 0.3 is 5.97 Å². The molecule has 1 saturated heterocycles. The number of fused-ring (bicyclic) bond motifs is 16. The summed E-state index contributed by atoms with van der Waals surface area (Å²) in [4.78, 5) is 133. The molecule has 1 aliphatic carbocycles. The van der Waals surface area contributed by atoms with Crippen molar-refractivity contribution in [1.29, 1.82) is 0 Å². The lowest BCUT2D eigenvalue weighted by Crippen LogP contribution is -2.64. The summed E-state index contributed by atoms with van der Waals surface area (Å²) < 4.78 is 33.7. The third kappa shape index (κ3) is 21.7. The molecule has 7 aromatic rings. The predicted molar refractivity (Wildman–Crippen MR) is 460 cm³/mol. The SMILES string of the molecule is CN[C@H](CC(C)C)C(=O)N[C@H]1C(=O)N[C@@H](CC(N)=O)C(=O)N[C@H]2C(=O)N[C@@H]3C(=O)N[C@H](C(=O)N[C@H](C(=O)O)c4cc(O)c(CNCCCNC(=O)[C@H](O)[C@@H](O)[C@H](O)[C@H](O)CO)c(O)c4-c4cc3ccc4O)[C@H](O)c3ccc(c(Cl)c3)Oc3cc2cc(c3O[C@@H]2O[C@H](CO)C(O)C(O)[C@H]2O[C@@H]2C[C@@H](C)[C@@H](O)C(C)(NCc3cccc4ccccc34)C2)Oc2ccc(cc2Cl)[C@H]1O. The Morgan fingerprint density at radius 2 is 1.32 bits per heavy atom. The van der Waals surface area contributed by atoms with Crippen molar-refractivity contribution < 1.29 is 143 Å². The summed E-state index contributed by atoms with van der Waals surface area (Å²) in [5.41, 5.74) is 1.77. The molecule has 6 aliphatic heterocycles. The van der Waals surface area contributed by atoms with Gasteiger partial charge in [0.15, 0.2) is 23.6 Å². The van der Waals surface area contributed by atoms with Crippen LogP contribution in [0.5, 0.6) is 46.0 Å². The minimum absolute atomic E-state index is 0.0134. The van der Waals surface area contributed by atoms with E-state index >= 15 is 24.0 Å². The molecule has 130 heavy (non-hydrogen) atoms. The number of phenolic OH excluding ortho intramolecular Hbond substituents is 3. The van der Waals surface area contributed by atoms with Crippen molar-refractivity contribution in [1.82, 2.24) is 53.2 Å². The van der Waals surface area contributed by atoms with Crippen LogP contribution in [0.2, 0.25) is 10.0 Å². The average Bonchev–Trinajstić information content (AvgIpc) is 0.756. The van der Waals surface area contributed by atoms with Crippen LogP contribution in [0.15, 0.2) is 115 Å². The van der Waals surface area contributed by atoms with Crippen LogP contribution >= 0.6 is 23.2 Å². The second-order valence-electron chi connectivity index (χ2n) is 33.4. The number of hydrogen-bond donors (Lipinski definition) is 26. The zero-order valence-corrected chi connectivity index (χ0v) is 72.2. The molecule has 8 amide bonds. The Kier molecular flexibility index (Phi) is 31.5. The number of likely N-dealkylation sites (N-methyl/N-ethyl adjacent to an activating group) is 1. The van der Waals surface area contributed by atoms with Gasteiger partial charge in [-0.2, -0.15) is 0 Å². The molecular weight excluding hydrogens is 1750 g/mol. The van der Waals surface area contributed by atoms with Crippen molar-refractivity contribution in [2.45, 2.75) is 200 Å². The van der Waals surface area contributed by atoms with Crippen molar-refractivity contribution in [2.24, 2.45) is 17.6 Å². The zero-order valence-electron chi connectivity index (χ0n) is 70.7. The Hall–Kier alpha value is -11.2. The van der Waals surface area contributed by atoms with E-state index in [2.05, 4.69) is 53.2 Å². The van der Waals surface area contributed by atoms with Crippen molar-refractivity contribution in [3.8, 4) is 57.1 Å². The maximum Gasteiger partial charge on any atom is 0.330 e. The van der Waals surface area contributed by atoms with E-state index in [1.165, 1.54) is 19.2 Å². The molecule has 42 heteroatoms. The van der Waals surface area contributed by atoms with Crippen LogP contribution in [0.4, 0.5) is 0 Å². The second kappa shape index (κ2) is 41.9. The van der Waals surface area contributed by atoms with Gasteiger partial charge in [-0.1, -0.05) is 105 Å². The highest BCUT2D eigenvalue weighted by Crippen LogP contribution is 2.51. The van der Waals surface area contributed by atoms with Crippen molar-refractivity contribution >= 4 is 87.2 Å². The average molecular weight is 1850 g/mol. The molecule has 11 bridgehead atoms. The molecule has 0 spiro atoms. The van der Waals surface area contributed by atoms with E-state index in [0.29, 0.717) is 0 Å². The molecule has 1 saturated carbocycles. The fourth-order valence-corrected chi connectivity index (χ4v) is 17.1. The number of rotatable bonds is 27. The molecule has 27 N–H and O–H groups in total. The molecule has 22 atom stereocenters. The molecule has 40 nitrogen and oxygen atoms in total. The zero-order chi connectivity index (χ0) is 94.3. The van der Waals surface area contributed by atoms with E-state index in [1.54, 1.807) is 13.8 Å². The summed E-state index contributed by atoms with van der Waals surface area (Å²) in [6, 6.07) is 11.3. The number of carbonyl (C=O) groups excluding carboxylic acids is 8. The van der Waals surface area contributed by atoms with Crippen molar-refractivity contribution in [3.63, 3.8) is 0 Å². The maximum absolute atomic E-state index is 16.5. The highest BCUT2D eigenvalue weighted by atomic mass is 35.5. The van der Waals surface area contributed by atoms with Gasteiger partial charge in [0.05, 0.1) is 53.5 Å². The second-order valence-corrected chi connectivity index (χ2v) is 34.3. The molecule has 0 aromatic heterocycles. The summed E-state index contributed by atoms with van der Waals surface area (Å²) in [5.74, 6) is -18.6. The van der Waals surface area contributed by atoms with E-state index in [1.807, 2.05) is 56.3 Å². The lowest BCUT2D eigenvalue weighted by atomic mass is 9.73. The quantitative estimate of drug-likeness (QED) is 0.0296. The lowest BCUT2D eigenvalue weighted by molar-refractivity contribution is -0.299. The van der Waals surface area contributed by atoms with Gasteiger partial charge < -0.3 is 159 Å². The van der Waals surface area contributed by atoms with Crippen LogP contribution in [0.1, 0.15) is 129 Å². The monoisotopic (exact) mass is 1850 g/mol. The van der Waals surface area contributed by atoms with Gasteiger partial charge in [0.25, 0.3) is 5.91 Å². The Morgan fingerprint density at radius 1 is 0.677 bits per heavy atom. The Labute approximate surface area is 752 Å². The van der Waals surface area contributed by atoms with Gasteiger partial charge in [-0.15, -0.1) is 0 Å². The molecule has 700 valence electrons. The highest BCUT2D eigenvalue weighted by Gasteiger charge is 2.52. The smallest absolute Gasteiger partial charge is 0.330 e. The number of ether oxygens (including phenoxy) is 5. The minimum Gasteiger partial charge on any atom is -0.507 e. The molecule has 3 unspecified atom stereocenters. The number of carbonyl (C=O) groups is 9. The largest absolute Gasteiger partial charge is 0.507 e.